The molecule has 0 bridgehead atoms. The van der Waals surface area contributed by atoms with Gasteiger partial charge in [-0.15, -0.1) is 6.58 Å². The molecule has 1 aromatic carbocycles. The Morgan fingerprint density at radius 3 is 2.24 bits per heavy atom. The minimum atomic E-state index is 1.12. The van der Waals surface area contributed by atoms with Crippen molar-refractivity contribution in [3.63, 3.8) is 0 Å². The van der Waals surface area contributed by atoms with Crippen molar-refractivity contribution in [2.45, 2.75) is 40.2 Å². The molecule has 0 spiro atoms. The first-order chi connectivity index (χ1) is 8.19. The molecule has 0 N–H and O–H groups in total. The van der Waals surface area contributed by atoms with Gasteiger partial charge in [-0.3, -0.25) is 0 Å². The Morgan fingerprint density at radius 2 is 1.71 bits per heavy atom. The fraction of sp³-hybridized carbons (Fsp3) is 0.500. The lowest BCUT2D eigenvalue weighted by atomic mass is 10.0. The van der Waals surface area contributed by atoms with Crippen molar-refractivity contribution >= 4 is 0 Å². The van der Waals surface area contributed by atoms with Crippen LogP contribution in [0.4, 0.5) is 0 Å². The monoisotopic (exact) mass is 233 g/mol. The fourth-order valence-corrected chi connectivity index (χ4v) is 1.64. The van der Waals surface area contributed by atoms with Gasteiger partial charge < -0.3 is 4.90 Å². The maximum Gasteiger partial charge on any atom is 0.0233 e. The molecule has 1 nitrogen and oxygen atoms in total. The fourth-order valence-electron chi connectivity index (χ4n) is 1.64. The molecule has 0 saturated heterocycles. The van der Waals surface area contributed by atoms with Gasteiger partial charge in [0.1, 0.15) is 0 Å². The quantitative estimate of drug-likeness (QED) is 0.604. The molecule has 1 heterocycles. The Labute approximate surface area is 107 Å². The lowest BCUT2D eigenvalue weighted by Gasteiger charge is -2.24. The Bertz CT molecular complexity index is 304. The summed E-state index contributed by atoms with van der Waals surface area (Å²) in [5, 5.41) is 0. The Morgan fingerprint density at radius 1 is 1.24 bits per heavy atom. The first-order valence-electron chi connectivity index (χ1n) is 6.51. The second kappa shape index (κ2) is 10.1. The predicted molar refractivity (Wildman–Crippen MR) is 78.3 cm³/mol. The highest BCUT2D eigenvalue weighted by molar-refractivity contribution is 5.28. The summed E-state index contributed by atoms with van der Waals surface area (Å²) in [7, 11) is 2.18. The van der Waals surface area contributed by atoms with Crippen LogP contribution in [0.3, 0.4) is 0 Å². The van der Waals surface area contributed by atoms with Gasteiger partial charge in [-0.1, -0.05) is 50.6 Å². The molecule has 0 unspecified atom stereocenters. The van der Waals surface area contributed by atoms with Crippen LogP contribution >= 0.6 is 0 Å². The van der Waals surface area contributed by atoms with Crippen LogP contribution in [-0.4, -0.2) is 18.5 Å². The van der Waals surface area contributed by atoms with E-state index in [2.05, 4.69) is 56.6 Å². The molecule has 0 radical (unpaired) electrons. The molecule has 1 aliphatic heterocycles. The van der Waals surface area contributed by atoms with E-state index in [1.54, 1.807) is 6.08 Å². The maximum absolute atomic E-state index is 3.36. The summed E-state index contributed by atoms with van der Waals surface area (Å²) in [5.74, 6) is 0. The Balaban J connectivity index is 0.000000366. The lowest BCUT2D eigenvalue weighted by Crippen LogP contribution is -2.26. The summed E-state index contributed by atoms with van der Waals surface area (Å²) < 4.78 is 0. The number of hydrogen-bond acceptors (Lipinski definition) is 1. The SMILES string of the molecule is C=CC.CCC.CN1CCc2ccccc2C1. The first kappa shape index (κ1) is 15.9. The van der Waals surface area contributed by atoms with Crippen LogP contribution in [0, 0.1) is 0 Å². The summed E-state index contributed by atoms with van der Waals surface area (Å²) in [5.41, 5.74) is 3.03. The third-order valence-corrected chi connectivity index (χ3v) is 2.32. The molecule has 0 atom stereocenters. The van der Waals surface area contributed by atoms with Gasteiger partial charge in [0.15, 0.2) is 0 Å². The average molecular weight is 233 g/mol. The van der Waals surface area contributed by atoms with Crippen molar-refractivity contribution in [2.24, 2.45) is 0 Å². The van der Waals surface area contributed by atoms with Crippen LogP contribution in [0.5, 0.6) is 0 Å². The maximum atomic E-state index is 3.36. The summed E-state index contributed by atoms with van der Waals surface area (Å²) in [4.78, 5) is 2.36. The lowest BCUT2D eigenvalue weighted by molar-refractivity contribution is 0.313. The van der Waals surface area contributed by atoms with Crippen LogP contribution in [-0.2, 0) is 13.0 Å². The van der Waals surface area contributed by atoms with Gasteiger partial charge in [0.05, 0.1) is 0 Å². The van der Waals surface area contributed by atoms with E-state index in [1.807, 2.05) is 6.92 Å². The van der Waals surface area contributed by atoms with Crippen LogP contribution in [0.1, 0.15) is 38.3 Å². The van der Waals surface area contributed by atoms with Crippen LogP contribution in [0.2, 0.25) is 0 Å². The molecule has 0 aliphatic carbocycles. The smallest absolute Gasteiger partial charge is 0.0233 e. The first-order valence-corrected chi connectivity index (χ1v) is 6.51. The van der Waals surface area contributed by atoms with Gasteiger partial charge in [-0.2, -0.15) is 0 Å². The van der Waals surface area contributed by atoms with Crippen molar-refractivity contribution in [1.29, 1.82) is 0 Å². The molecule has 96 valence electrons. The summed E-state index contributed by atoms with van der Waals surface area (Å²) in [6.45, 7) is 11.8. The number of rotatable bonds is 0. The second-order valence-electron chi connectivity index (χ2n) is 4.37. The highest BCUT2D eigenvalue weighted by Gasteiger charge is 2.10. The Hall–Kier alpha value is -1.08. The predicted octanol–water partition coefficient (Wildman–Crippen LogP) is 4.28. The standard InChI is InChI=1S/C10H13N.C3H8.C3H6/c1-11-7-6-9-4-2-3-5-10(9)8-11;2*1-3-2/h2-5H,6-8H2,1H3;3H2,1-2H3;3H,1H2,2H3. The van der Waals surface area contributed by atoms with Gasteiger partial charge >= 0.3 is 0 Å². The van der Waals surface area contributed by atoms with Crippen molar-refractivity contribution in [3.05, 3.63) is 48.0 Å². The summed E-state index contributed by atoms with van der Waals surface area (Å²) in [6, 6.07) is 8.72. The van der Waals surface area contributed by atoms with Crippen molar-refractivity contribution < 1.29 is 0 Å². The van der Waals surface area contributed by atoms with Crippen molar-refractivity contribution in [3.8, 4) is 0 Å². The Kier molecular flexibility index (Phi) is 9.46. The van der Waals surface area contributed by atoms with Gasteiger partial charge in [-0.25, -0.2) is 0 Å². The third kappa shape index (κ3) is 6.96. The zero-order valence-electron chi connectivity index (χ0n) is 11.9. The molecule has 1 aliphatic rings. The van der Waals surface area contributed by atoms with Gasteiger partial charge in [0.25, 0.3) is 0 Å². The molecule has 1 aromatic rings. The van der Waals surface area contributed by atoms with Gasteiger partial charge in [0, 0.05) is 13.1 Å². The van der Waals surface area contributed by atoms with Crippen molar-refractivity contribution in [1.82, 2.24) is 4.90 Å². The number of nitrogens with zero attached hydrogens (tertiary/aromatic N) is 1. The molecule has 0 fully saturated rings. The molecule has 17 heavy (non-hydrogen) atoms. The topological polar surface area (TPSA) is 3.24 Å². The molecular weight excluding hydrogens is 206 g/mol. The van der Waals surface area contributed by atoms with Gasteiger partial charge in [-0.05, 0) is 31.5 Å². The zero-order valence-corrected chi connectivity index (χ0v) is 11.9. The van der Waals surface area contributed by atoms with Crippen molar-refractivity contribution in [2.75, 3.05) is 13.6 Å². The summed E-state index contributed by atoms with van der Waals surface area (Å²) >= 11 is 0. The van der Waals surface area contributed by atoms with Crippen LogP contribution in [0.15, 0.2) is 36.9 Å². The average Bonchev–Trinajstić information content (AvgIpc) is 2.31. The van der Waals surface area contributed by atoms with E-state index in [0.717, 1.165) is 6.54 Å². The highest BCUT2D eigenvalue weighted by atomic mass is 15.1. The number of benzene rings is 1. The van der Waals surface area contributed by atoms with E-state index in [-0.39, 0.29) is 0 Å². The molecular formula is C16H27N. The zero-order chi connectivity index (χ0) is 13.1. The van der Waals surface area contributed by atoms with E-state index in [1.165, 1.54) is 30.5 Å². The molecule has 0 aromatic heterocycles. The number of hydrogen-bond donors (Lipinski definition) is 0. The van der Waals surface area contributed by atoms with E-state index >= 15 is 0 Å². The normalized spacial score (nSPS) is 13.4. The van der Waals surface area contributed by atoms with Crippen LogP contribution in [0.25, 0.3) is 0 Å². The minimum absolute atomic E-state index is 1.12. The molecule has 0 amide bonds. The van der Waals surface area contributed by atoms with E-state index in [9.17, 15) is 0 Å². The van der Waals surface area contributed by atoms with E-state index < -0.39 is 0 Å². The minimum Gasteiger partial charge on any atom is -0.302 e. The second-order valence-corrected chi connectivity index (χ2v) is 4.37. The third-order valence-electron chi connectivity index (χ3n) is 2.32. The highest BCUT2D eigenvalue weighted by Crippen LogP contribution is 2.16. The van der Waals surface area contributed by atoms with Crippen LogP contribution < -0.4 is 0 Å². The van der Waals surface area contributed by atoms with E-state index in [4.69, 9.17) is 0 Å². The van der Waals surface area contributed by atoms with E-state index in [0.29, 0.717) is 0 Å². The molecule has 0 saturated carbocycles. The van der Waals surface area contributed by atoms with Gasteiger partial charge in [0.2, 0.25) is 0 Å². The number of allylic oxidation sites excluding steroid dienone is 1. The number of likely N-dealkylation sites (N-methyl/N-ethyl adjacent to an activating group) is 1. The number of fused-ring (bicyclic) bond motifs is 1. The molecule has 1 heteroatoms. The summed E-state index contributed by atoms with van der Waals surface area (Å²) in [6.07, 6.45) is 4.21. The molecule has 2 rings (SSSR count). The largest absolute Gasteiger partial charge is 0.302 e.